The van der Waals surface area contributed by atoms with E-state index in [1.54, 1.807) is 35.2 Å². The molecule has 1 amide bonds. The van der Waals surface area contributed by atoms with Crippen LogP contribution in [-0.4, -0.2) is 63.3 Å². The van der Waals surface area contributed by atoms with Gasteiger partial charge in [0.2, 0.25) is 0 Å². The van der Waals surface area contributed by atoms with Gasteiger partial charge in [-0.15, -0.1) is 12.4 Å². The van der Waals surface area contributed by atoms with E-state index in [0.717, 1.165) is 19.3 Å². The Morgan fingerprint density at radius 2 is 1.82 bits per heavy atom. The lowest BCUT2D eigenvalue weighted by molar-refractivity contribution is -0.120. The molecule has 0 N–H and O–H groups in total. The van der Waals surface area contributed by atoms with Crippen LogP contribution in [0.25, 0.3) is 10.2 Å². The van der Waals surface area contributed by atoms with Crippen molar-refractivity contribution in [3.05, 3.63) is 46.4 Å². The largest absolute Gasteiger partial charge is 0.482 e. The number of anilines is 1. The molecular formula is C22H26Cl3N3O4S2. The maximum atomic E-state index is 13.2. The zero-order chi connectivity index (χ0) is 24.2. The Balaban J connectivity index is 0.00000408. The van der Waals surface area contributed by atoms with Crippen molar-refractivity contribution < 1.29 is 17.9 Å². The van der Waals surface area contributed by atoms with Gasteiger partial charge in [0.25, 0.3) is 5.91 Å². The summed E-state index contributed by atoms with van der Waals surface area (Å²) in [6.45, 7) is 6.55. The van der Waals surface area contributed by atoms with Crippen LogP contribution in [0.2, 0.25) is 10.0 Å². The number of aromatic nitrogens is 1. The Labute approximate surface area is 219 Å². The number of nitrogens with zero attached hydrogens (tertiary/aromatic N) is 3. The third kappa shape index (κ3) is 6.96. The summed E-state index contributed by atoms with van der Waals surface area (Å²) in [6, 6.07) is 9.77. The number of para-hydroxylation sites is 1. The highest BCUT2D eigenvalue weighted by molar-refractivity contribution is 7.91. The Morgan fingerprint density at radius 1 is 1.12 bits per heavy atom. The second-order valence-electron chi connectivity index (χ2n) is 7.31. The highest BCUT2D eigenvalue weighted by atomic mass is 35.5. The number of carbonyl (C=O) groups excluding carboxylic acids is 1. The highest BCUT2D eigenvalue weighted by Crippen LogP contribution is 2.33. The molecule has 1 heterocycles. The molecule has 0 aliphatic heterocycles. The summed E-state index contributed by atoms with van der Waals surface area (Å²) in [7, 11) is -3.47. The average molecular weight is 567 g/mol. The predicted molar refractivity (Wildman–Crippen MR) is 142 cm³/mol. The third-order valence-corrected chi connectivity index (χ3v) is 7.78. The lowest BCUT2D eigenvalue weighted by atomic mass is 10.3. The van der Waals surface area contributed by atoms with Gasteiger partial charge in [0.1, 0.15) is 11.3 Å². The van der Waals surface area contributed by atoms with Gasteiger partial charge in [-0.3, -0.25) is 9.69 Å². The molecule has 0 saturated carbocycles. The molecule has 0 aliphatic carbocycles. The first-order valence-corrected chi connectivity index (χ1v) is 13.8. The van der Waals surface area contributed by atoms with Crippen LogP contribution in [-0.2, 0) is 14.6 Å². The average Bonchev–Trinajstić information content (AvgIpc) is 3.19. The fourth-order valence-electron chi connectivity index (χ4n) is 3.24. The molecule has 0 spiro atoms. The van der Waals surface area contributed by atoms with Gasteiger partial charge in [0.15, 0.2) is 21.6 Å². The lowest BCUT2D eigenvalue weighted by Gasteiger charge is -2.24. The second kappa shape index (κ2) is 12.4. The summed E-state index contributed by atoms with van der Waals surface area (Å²) < 4.78 is 30.7. The smallest absolute Gasteiger partial charge is 0.266 e. The van der Waals surface area contributed by atoms with Crippen molar-refractivity contribution >= 4 is 78.0 Å². The number of halogens is 3. The zero-order valence-corrected chi connectivity index (χ0v) is 22.9. The normalized spacial score (nSPS) is 11.5. The van der Waals surface area contributed by atoms with Crippen molar-refractivity contribution in [2.75, 3.05) is 43.9 Å². The highest BCUT2D eigenvalue weighted by Gasteiger charge is 2.23. The molecule has 34 heavy (non-hydrogen) atoms. The van der Waals surface area contributed by atoms with Crippen molar-refractivity contribution in [2.24, 2.45) is 0 Å². The summed E-state index contributed by atoms with van der Waals surface area (Å²) in [5, 5.41) is 1.20. The maximum absolute atomic E-state index is 13.2. The molecule has 12 heteroatoms. The summed E-state index contributed by atoms with van der Waals surface area (Å²) in [5.74, 6) is 0.0370. The van der Waals surface area contributed by atoms with Crippen LogP contribution in [0.15, 0.2) is 41.3 Å². The van der Waals surface area contributed by atoms with Crippen molar-refractivity contribution in [1.29, 1.82) is 0 Å². The first-order chi connectivity index (χ1) is 15.6. The second-order valence-corrected chi connectivity index (χ2v) is 11.1. The van der Waals surface area contributed by atoms with Crippen LogP contribution in [0.4, 0.5) is 5.13 Å². The maximum Gasteiger partial charge on any atom is 0.266 e. The Morgan fingerprint density at radius 3 is 2.44 bits per heavy atom. The summed E-state index contributed by atoms with van der Waals surface area (Å²) in [5.41, 5.74) is 0.363. The number of amides is 1. The number of hydrogen-bond donors (Lipinski definition) is 0. The standard InChI is InChI=1S/C22H25Cl2N3O4S2.ClH/c1-4-26(5-2)11-12-27(20(28)14-31-17-10-9-15(23)13-16(17)24)22-25-21-18(32-22)7-6-8-19(21)33(3,29)30;/h6-10,13H,4-5,11-12,14H2,1-3H3;1H. The molecule has 0 fully saturated rings. The molecule has 3 rings (SSSR count). The number of hydrogen-bond acceptors (Lipinski definition) is 7. The number of sulfone groups is 1. The van der Waals surface area contributed by atoms with Gasteiger partial charge in [-0.05, 0) is 43.4 Å². The van der Waals surface area contributed by atoms with Crippen LogP contribution >= 0.6 is 46.9 Å². The number of rotatable bonds is 10. The Bertz CT molecular complexity index is 1250. The molecule has 0 saturated heterocycles. The molecule has 2 aromatic carbocycles. The topological polar surface area (TPSA) is 79.8 Å². The summed E-state index contributed by atoms with van der Waals surface area (Å²) in [4.78, 5) is 21.6. The van der Waals surface area contributed by atoms with Crippen LogP contribution < -0.4 is 9.64 Å². The molecule has 0 bridgehead atoms. The minimum absolute atomic E-state index is 0. The molecule has 0 aliphatic rings. The van der Waals surface area contributed by atoms with Crippen molar-refractivity contribution in [3.8, 4) is 5.75 Å². The van der Waals surface area contributed by atoms with Gasteiger partial charge in [-0.2, -0.15) is 0 Å². The minimum atomic E-state index is -3.47. The van der Waals surface area contributed by atoms with E-state index in [0.29, 0.717) is 44.2 Å². The number of benzene rings is 2. The van der Waals surface area contributed by atoms with Crippen molar-refractivity contribution in [3.63, 3.8) is 0 Å². The van der Waals surface area contributed by atoms with E-state index in [1.807, 2.05) is 0 Å². The number of thiazole rings is 1. The van der Waals surface area contributed by atoms with Crippen LogP contribution in [0, 0.1) is 0 Å². The molecule has 0 radical (unpaired) electrons. The van der Waals surface area contributed by atoms with E-state index < -0.39 is 9.84 Å². The van der Waals surface area contributed by atoms with E-state index in [1.165, 1.54) is 17.4 Å². The van der Waals surface area contributed by atoms with Gasteiger partial charge in [-0.25, -0.2) is 13.4 Å². The van der Waals surface area contributed by atoms with Gasteiger partial charge in [0, 0.05) is 24.4 Å². The first kappa shape index (κ1) is 28.6. The molecule has 186 valence electrons. The van der Waals surface area contributed by atoms with Crippen molar-refractivity contribution in [2.45, 2.75) is 18.7 Å². The molecule has 0 atom stereocenters. The van der Waals surface area contributed by atoms with E-state index in [2.05, 4.69) is 23.7 Å². The van der Waals surface area contributed by atoms with Crippen LogP contribution in [0.1, 0.15) is 13.8 Å². The summed E-state index contributed by atoms with van der Waals surface area (Å²) in [6.07, 6.45) is 1.15. The predicted octanol–water partition coefficient (Wildman–Crippen LogP) is 5.18. The van der Waals surface area contributed by atoms with E-state index in [9.17, 15) is 13.2 Å². The number of likely N-dealkylation sites (N-methyl/N-ethyl adjacent to an activating group) is 1. The monoisotopic (exact) mass is 565 g/mol. The molecule has 3 aromatic rings. The first-order valence-electron chi connectivity index (χ1n) is 10.3. The molecule has 7 nitrogen and oxygen atoms in total. The van der Waals surface area contributed by atoms with E-state index in [-0.39, 0.29) is 29.8 Å². The number of ether oxygens (including phenoxy) is 1. The fraction of sp³-hybridized carbons (Fsp3) is 0.364. The number of fused-ring (bicyclic) bond motifs is 1. The van der Waals surface area contributed by atoms with Crippen LogP contribution in [0.5, 0.6) is 5.75 Å². The SMILES string of the molecule is CCN(CC)CCN(C(=O)COc1ccc(Cl)cc1Cl)c1nc2c(S(C)(=O)=O)cccc2s1.Cl. The van der Waals surface area contributed by atoms with Crippen molar-refractivity contribution in [1.82, 2.24) is 9.88 Å². The molecule has 0 unspecified atom stereocenters. The minimum Gasteiger partial charge on any atom is -0.482 e. The Hall–Kier alpha value is -1.62. The van der Waals surface area contributed by atoms with Crippen LogP contribution in [0.3, 0.4) is 0 Å². The zero-order valence-electron chi connectivity index (χ0n) is 19.0. The third-order valence-electron chi connectivity index (χ3n) is 5.08. The van der Waals surface area contributed by atoms with Gasteiger partial charge in [0.05, 0.1) is 14.6 Å². The molecule has 1 aromatic heterocycles. The van der Waals surface area contributed by atoms with Gasteiger partial charge in [-0.1, -0.05) is 54.5 Å². The van der Waals surface area contributed by atoms with E-state index in [4.69, 9.17) is 27.9 Å². The molecular weight excluding hydrogens is 541 g/mol. The fourth-order valence-corrected chi connectivity index (χ4v) is 5.64. The quantitative estimate of drug-likeness (QED) is 0.336. The number of carbonyl (C=O) groups is 1. The summed E-state index contributed by atoms with van der Waals surface area (Å²) >= 11 is 13.3. The van der Waals surface area contributed by atoms with Gasteiger partial charge >= 0.3 is 0 Å². The lowest BCUT2D eigenvalue weighted by Crippen LogP contribution is -2.41. The van der Waals surface area contributed by atoms with E-state index >= 15 is 0 Å². The van der Waals surface area contributed by atoms with Gasteiger partial charge < -0.3 is 9.64 Å². The Kier molecular flexibility index (Phi) is 10.4.